The van der Waals surface area contributed by atoms with E-state index in [1.807, 2.05) is 13.0 Å². The van der Waals surface area contributed by atoms with Gasteiger partial charge in [-0.15, -0.1) is 0 Å². The van der Waals surface area contributed by atoms with Gasteiger partial charge in [0.15, 0.2) is 17.5 Å². The standard InChI is InChI=1S/C15H12F3NO/c1-8-3-4-9(2)12(7-8)19-15(20)10-5-6-11(16)14(18)13(10)17/h3-7H,1-2H3,(H,19,20). The van der Waals surface area contributed by atoms with E-state index in [1.54, 1.807) is 19.1 Å². The van der Waals surface area contributed by atoms with Crippen molar-refractivity contribution in [1.82, 2.24) is 0 Å². The molecular formula is C15H12F3NO. The number of benzene rings is 2. The van der Waals surface area contributed by atoms with Crippen molar-refractivity contribution in [1.29, 1.82) is 0 Å². The highest BCUT2D eigenvalue weighted by Crippen LogP contribution is 2.20. The molecule has 0 saturated carbocycles. The van der Waals surface area contributed by atoms with Crippen molar-refractivity contribution in [2.24, 2.45) is 0 Å². The van der Waals surface area contributed by atoms with Crippen LogP contribution in [0.2, 0.25) is 0 Å². The molecule has 0 atom stereocenters. The third-order valence-corrected chi connectivity index (χ3v) is 2.92. The molecule has 0 bridgehead atoms. The number of carbonyl (C=O) groups excluding carboxylic acids is 1. The zero-order valence-corrected chi connectivity index (χ0v) is 10.9. The monoisotopic (exact) mass is 279 g/mol. The zero-order valence-electron chi connectivity index (χ0n) is 10.9. The predicted octanol–water partition coefficient (Wildman–Crippen LogP) is 3.97. The predicted molar refractivity (Wildman–Crippen MR) is 70.2 cm³/mol. The molecule has 0 saturated heterocycles. The molecule has 1 amide bonds. The van der Waals surface area contributed by atoms with Crippen LogP contribution >= 0.6 is 0 Å². The molecule has 5 heteroatoms. The number of rotatable bonds is 2. The first-order chi connectivity index (χ1) is 9.40. The van der Waals surface area contributed by atoms with Gasteiger partial charge in [0.1, 0.15) is 0 Å². The fourth-order valence-corrected chi connectivity index (χ4v) is 1.76. The van der Waals surface area contributed by atoms with Crippen LogP contribution in [0.1, 0.15) is 21.5 Å². The Morgan fingerprint density at radius 3 is 2.40 bits per heavy atom. The van der Waals surface area contributed by atoms with Gasteiger partial charge in [-0.3, -0.25) is 4.79 Å². The summed E-state index contributed by atoms with van der Waals surface area (Å²) in [5.74, 6) is -5.30. The van der Waals surface area contributed by atoms with Crippen LogP contribution in [-0.2, 0) is 0 Å². The number of hydrogen-bond acceptors (Lipinski definition) is 1. The van der Waals surface area contributed by atoms with E-state index in [2.05, 4.69) is 5.32 Å². The molecule has 0 aliphatic rings. The summed E-state index contributed by atoms with van der Waals surface area (Å²) >= 11 is 0. The average Bonchev–Trinajstić information content (AvgIpc) is 2.40. The summed E-state index contributed by atoms with van der Waals surface area (Å²) in [6.45, 7) is 3.61. The second-order valence-corrected chi connectivity index (χ2v) is 4.50. The zero-order chi connectivity index (χ0) is 14.9. The first-order valence-electron chi connectivity index (χ1n) is 5.92. The summed E-state index contributed by atoms with van der Waals surface area (Å²) in [6, 6.07) is 7.01. The highest BCUT2D eigenvalue weighted by atomic mass is 19.2. The van der Waals surface area contributed by atoms with Crippen molar-refractivity contribution in [2.45, 2.75) is 13.8 Å². The number of halogens is 3. The maximum Gasteiger partial charge on any atom is 0.258 e. The molecular weight excluding hydrogens is 267 g/mol. The molecule has 2 rings (SSSR count). The fourth-order valence-electron chi connectivity index (χ4n) is 1.76. The molecule has 0 aromatic heterocycles. The summed E-state index contributed by atoms with van der Waals surface area (Å²) in [6.07, 6.45) is 0. The molecule has 0 heterocycles. The summed E-state index contributed by atoms with van der Waals surface area (Å²) in [5.41, 5.74) is 1.66. The van der Waals surface area contributed by atoms with Gasteiger partial charge >= 0.3 is 0 Å². The molecule has 2 nitrogen and oxygen atoms in total. The van der Waals surface area contributed by atoms with Crippen LogP contribution in [0.25, 0.3) is 0 Å². The first-order valence-corrected chi connectivity index (χ1v) is 5.92. The van der Waals surface area contributed by atoms with E-state index in [0.29, 0.717) is 5.69 Å². The van der Waals surface area contributed by atoms with Crippen LogP contribution in [0.15, 0.2) is 30.3 Å². The highest BCUT2D eigenvalue weighted by Gasteiger charge is 2.19. The van der Waals surface area contributed by atoms with Crippen molar-refractivity contribution < 1.29 is 18.0 Å². The fraction of sp³-hybridized carbons (Fsp3) is 0.133. The Kier molecular flexibility index (Phi) is 3.79. The van der Waals surface area contributed by atoms with E-state index in [0.717, 1.165) is 23.3 Å². The number of hydrogen-bond donors (Lipinski definition) is 1. The van der Waals surface area contributed by atoms with Gasteiger partial charge in [-0.1, -0.05) is 12.1 Å². The molecule has 104 valence electrons. The van der Waals surface area contributed by atoms with E-state index in [-0.39, 0.29) is 0 Å². The molecule has 0 fully saturated rings. The van der Waals surface area contributed by atoms with Gasteiger partial charge < -0.3 is 5.32 Å². The highest BCUT2D eigenvalue weighted by molar-refractivity contribution is 6.04. The van der Waals surface area contributed by atoms with Gasteiger partial charge in [-0.05, 0) is 43.2 Å². The quantitative estimate of drug-likeness (QED) is 0.828. The topological polar surface area (TPSA) is 29.1 Å². The summed E-state index contributed by atoms with van der Waals surface area (Å²) in [5, 5.41) is 2.49. The van der Waals surface area contributed by atoms with Gasteiger partial charge in [0.05, 0.1) is 5.56 Å². The molecule has 2 aromatic rings. The SMILES string of the molecule is Cc1ccc(C)c(NC(=O)c2ccc(F)c(F)c2F)c1. The lowest BCUT2D eigenvalue weighted by molar-refractivity contribution is 0.102. The largest absolute Gasteiger partial charge is 0.322 e. The molecule has 0 unspecified atom stereocenters. The Morgan fingerprint density at radius 1 is 1.00 bits per heavy atom. The number of aryl methyl sites for hydroxylation is 2. The Balaban J connectivity index is 2.33. The van der Waals surface area contributed by atoms with Crippen LogP contribution < -0.4 is 5.32 Å². The van der Waals surface area contributed by atoms with Crippen molar-refractivity contribution in [3.63, 3.8) is 0 Å². The molecule has 0 aliphatic heterocycles. The Labute approximate surface area is 114 Å². The van der Waals surface area contributed by atoms with Crippen LogP contribution in [0.5, 0.6) is 0 Å². The van der Waals surface area contributed by atoms with E-state index in [9.17, 15) is 18.0 Å². The van der Waals surface area contributed by atoms with Gasteiger partial charge in [-0.2, -0.15) is 0 Å². The minimum Gasteiger partial charge on any atom is -0.322 e. The molecule has 1 N–H and O–H groups in total. The first kappa shape index (κ1) is 14.1. The smallest absolute Gasteiger partial charge is 0.258 e. The number of nitrogens with one attached hydrogen (secondary N) is 1. The molecule has 0 radical (unpaired) electrons. The maximum absolute atomic E-state index is 13.5. The third-order valence-electron chi connectivity index (χ3n) is 2.92. The minimum absolute atomic E-state index is 0.499. The van der Waals surface area contributed by atoms with Gasteiger partial charge in [0.25, 0.3) is 5.91 Å². The van der Waals surface area contributed by atoms with Crippen LogP contribution in [0, 0.1) is 31.3 Å². The number of carbonyl (C=O) groups is 1. The Bertz CT molecular complexity index is 683. The lowest BCUT2D eigenvalue weighted by atomic mass is 10.1. The van der Waals surface area contributed by atoms with Crippen LogP contribution in [0.3, 0.4) is 0 Å². The lowest BCUT2D eigenvalue weighted by Gasteiger charge is -2.10. The number of amides is 1. The lowest BCUT2D eigenvalue weighted by Crippen LogP contribution is -2.16. The van der Waals surface area contributed by atoms with Crippen molar-refractivity contribution in [3.05, 3.63) is 64.5 Å². The summed E-state index contributed by atoms with van der Waals surface area (Å²) in [4.78, 5) is 11.9. The summed E-state index contributed by atoms with van der Waals surface area (Å²) < 4.78 is 39.4. The molecule has 0 spiro atoms. The van der Waals surface area contributed by atoms with E-state index in [1.165, 1.54) is 0 Å². The van der Waals surface area contributed by atoms with Crippen LogP contribution in [0.4, 0.5) is 18.9 Å². The second-order valence-electron chi connectivity index (χ2n) is 4.50. The van der Waals surface area contributed by atoms with Gasteiger partial charge in [0.2, 0.25) is 0 Å². The van der Waals surface area contributed by atoms with Crippen molar-refractivity contribution in [2.75, 3.05) is 5.32 Å². The van der Waals surface area contributed by atoms with Gasteiger partial charge in [-0.25, -0.2) is 13.2 Å². The van der Waals surface area contributed by atoms with E-state index in [4.69, 9.17) is 0 Å². The van der Waals surface area contributed by atoms with Gasteiger partial charge in [0, 0.05) is 5.69 Å². The molecule has 2 aromatic carbocycles. The molecule has 0 aliphatic carbocycles. The normalized spacial score (nSPS) is 10.4. The maximum atomic E-state index is 13.5. The minimum atomic E-state index is -1.65. The molecule has 20 heavy (non-hydrogen) atoms. The van der Waals surface area contributed by atoms with Crippen molar-refractivity contribution >= 4 is 11.6 Å². The van der Waals surface area contributed by atoms with E-state index < -0.39 is 28.9 Å². The Morgan fingerprint density at radius 2 is 1.70 bits per heavy atom. The Hall–Kier alpha value is -2.30. The second kappa shape index (κ2) is 5.36. The summed E-state index contributed by atoms with van der Waals surface area (Å²) in [7, 11) is 0. The van der Waals surface area contributed by atoms with E-state index >= 15 is 0 Å². The van der Waals surface area contributed by atoms with Crippen molar-refractivity contribution in [3.8, 4) is 0 Å². The van der Waals surface area contributed by atoms with Crippen LogP contribution in [-0.4, -0.2) is 5.91 Å². The number of anilines is 1. The third kappa shape index (κ3) is 2.66. The average molecular weight is 279 g/mol.